The minimum absolute atomic E-state index is 0.0218. The zero-order valence-electron chi connectivity index (χ0n) is 10.1. The largest absolute Gasteiger partial charge is 0.465 e. The summed E-state index contributed by atoms with van der Waals surface area (Å²) in [4.78, 5) is 32.4. The van der Waals surface area contributed by atoms with E-state index in [9.17, 15) is 14.4 Å². The first kappa shape index (κ1) is 15.9. The van der Waals surface area contributed by atoms with Crippen LogP contribution in [0.4, 0.5) is 0 Å². The molecule has 0 rings (SSSR count). The first-order chi connectivity index (χ1) is 8.60. The zero-order valence-corrected chi connectivity index (χ0v) is 10.1. The van der Waals surface area contributed by atoms with Crippen molar-refractivity contribution in [3.8, 4) is 0 Å². The van der Waals surface area contributed by atoms with Crippen LogP contribution in [0.3, 0.4) is 0 Å². The number of rotatable bonds is 9. The Bertz CT molecular complexity index is 321. The molecule has 0 saturated carbocycles. The van der Waals surface area contributed by atoms with Crippen molar-refractivity contribution in [3.05, 3.63) is 25.3 Å². The summed E-state index contributed by atoms with van der Waals surface area (Å²) in [5.74, 6) is -1.58. The monoisotopic (exact) mass is 256 g/mol. The highest BCUT2D eigenvalue weighted by atomic mass is 16.6. The minimum atomic E-state index is -0.584. The highest BCUT2D eigenvalue weighted by molar-refractivity contribution is 5.81. The molecule has 6 heteroatoms. The summed E-state index contributed by atoms with van der Waals surface area (Å²) < 4.78 is 14.1. The third-order valence-electron chi connectivity index (χ3n) is 1.68. The lowest BCUT2D eigenvalue weighted by molar-refractivity contribution is -0.147. The van der Waals surface area contributed by atoms with E-state index in [1.165, 1.54) is 0 Å². The number of carbonyl (C=O) groups is 3. The van der Waals surface area contributed by atoms with Crippen LogP contribution in [0.1, 0.15) is 12.8 Å². The molecule has 0 aromatic heterocycles. The van der Waals surface area contributed by atoms with E-state index in [0.29, 0.717) is 6.42 Å². The van der Waals surface area contributed by atoms with Gasteiger partial charge in [0.05, 0.1) is 19.6 Å². The predicted molar refractivity (Wildman–Crippen MR) is 62.5 cm³/mol. The van der Waals surface area contributed by atoms with Crippen LogP contribution in [0.25, 0.3) is 0 Å². The topological polar surface area (TPSA) is 78.9 Å². The summed E-state index contributed by atoms with van der Waals surface area (Å²) >= 11 is 0. The molecule has 0 aliphatic carbocycles. The molecule has 0 radical (unpaired) electrons. The fraction of sp³-hybridized carbons (Fsp3) is 0.417. The molecule has 0 aliphatic rings. The van der Waals surface area contributed by atoms with Gasteiger partial charge in [-0.1, -0.05) is 13.2 Å². The zero-order chi connectivity index (χ0) is 13.8. The predicted octanol–water partition coefficient (Wildman–Crippen LogP) is 0.768. The second-order valence-electron chi connectivity index (χ2n) is 3.07. The minimum Gasteiger partial charge on any atom is -0.465 e. The van der Waals surface area contributed by atoms with Crippen molar-refractivity contribution in [1.29, 1.82) is 0 Å². The Morgan fingerprint density at radius 3 is 1.89 bits per heavy atom. The van der Waals surface area contributed by atoms with Gasteiger partial charge in [0.2, 0.25) is 0 Å². The van der Waals surface area contributed by atoms with Crippen LogP contribution in [-0.4, -0.2) is 37.7 Å². The van der Waals surface area contributed by atoms with Gasteiger partial charge >= 0.3 is 17.9 Å². The highest BCUT2D eigenvalue weighted by Crippen LogP contribution is 1.92. The molecule has 0 atom stereocenters. The van der Waals surface area contributed by atoms with Gasteiger partial charge in [-0.3, -0.25) is 4.79 Å². The average Bonchev–Trinajstić information content (AvgIpc) is 2.37. The second-order valence-corrected chi connectivity index (χ2v) is 3.07. The van der Waals surface area contributed by atoms with Gasteiger partial charge in [-0.05, 0) is 0 Å². The number of carbonyl (C=O) groups excluding carboxylic acids is 3. The van der Waals surface area contributed by atoms with Crippen LogP contribution < -0.4 is 0 Å². The molecular weight excluding hydrogens is 240 g/mol. The Hall–Kier alpha value is -2.11. The van der Waals surface area contributed by atoms with Gasteiger partial charge in [0.1, 0.15) is 6.61 Å². The van der Waals surface area contributed by atoms with Gasteiger partial charge in [-0.15, -0.1) is 0 Å². The Kier molecular flexibility index (Phi) is 8.89. The van der Waals surface area contributed by atoms with Crippen LogP contribution in [0, 0.1) is 0 Å². The summed E-state index contributed by atoms with van der Waals surface area (Å²) in [7, 11) is 0. The van der Waals surface area contributed by atoms with E-state index in [0.717, 1.165) is 12.2 Å². The van der Waals surface area contributed by atoms with Gasteiger partial charge in [-0.2, -0.15) is 0 Å². The van der Waals surface area contributed by atoms with Gasteiger partial charge < -0.3 is 14.2 Å². The van der Waals surface area contributed by atoms with Crippen LogP contribution in [0.2, 0.25) is 0 Å². The molecular formula is C12H16O6. The molecule has 100 valence electrons. The lowest BCUT2D eigenvalue weighted by Crippen LogP contribution is -2.12. The Morgan fingerprint density at radius 2 is 1.33 bits per heavy atom. The summed E-state index contributed by atoms with van der Waals surface area (Å²) in [6.45, 7) is 6.69. The SMILES string of the molecule is C=CC(=O)OCCCOC(=O)CCOC(=O)C=C. The first-order valence-electron chi connectivity index (χ1n) is 5.34. The highest BCUT2D eigenvalue weighted by Gasteiger charge is 2.04. The van der Waals surface area contributed by atoms with Crippen molar-refractivity contribution in [2.75, 3.05) is 19.8 Å². The van der Waals surface area contributed by atoms with Gasteiger partial charge in [-0.25, -0.2) is 9.59 Å². The van der Waals surface area contributed by atoms with Crippen molar-refractivity contribution in [1.82, 2.24) is 0 Å². The quantitative estimate of drug-likeness (QED) is 0.262. The lowest BCUT2D eigenvalue weighted by Gasteiger charge is -2.05. The third-order valence-corrected chi connectivity index (χ3v) is 1.68. The molecule has 0 unspecified atom stereocenters. The fourth-order valence-corrected chi connectivity index (χ4v) is 0.843. The molecule has 0 aromatic carbocycles. The molecule has 0 N–H and O–H groups in total. The van der Waals surface area contributed by atoms with E-state index >= 15 is 0 Å². The number of esters is 3. The average molecular weight is 256 g/mol. The first-order valence-corrected chi connectivity index (χ1v) is 5.34. The molecule has 0 fully saturated rings. The van der Waals surface area contributed by atoms with Gasteiger partial charge in [0.25, 0.3) is 0 Å². The van der Waals surface area contributed by atoms with Gasteiger partial charge in [0.15, 0.2) is 0 Å². The standard InChI is InChI=1S/C12H16O6/c1-3-10(13)16-7-5-8-17-12(15)6-9-18-11(14)4-2/h3-4H,1-2,5-9H2. The van der Waals surface area contributed by atoms with E-state index in [4.69, 9.17) is 4.74 Å². The van der Waals surface area contributed by atoms with Crippen LogP contribution in [0.15, 0.2) is 25.3 Å². The normalized spacial score (nSPS) is 9.11. The maximum absolute atomic E-state index is 11.1. The Balaban J connectivity index is 3.42. The smallest absolute Gasteiger partial charge is 0.330 e. The molecule has 0 aromatic rings. The molecule has 0 amide bonds. The molecule has 6 nitrogen and oxygen atoms in total. The van der Waals surface area contributed by atoms with Crippen molar-refractivity contribution in [2.45, 2.75) is 12.8 Å². The molecule has 18 heavy (non-hydrogen) atoms. The van der Waals surface area contributed by atoms with Crippen LogP contribution >= 0.6 is 0 Å². The van der Waals surface area contributed by atoms with Crippen molar-refractivity contribution < 1.29 is 28.6 Å². The summed E-state index contributed by atoms with van der Waals surface area (Å²) in [5, 5.41) is 0. The summed E-state index contributed by atoms with van der Waals surface area (Å²) in [6.07, 6.45) is 2.45. The van der Waals surface area contributed by atoms with Crippen LogP contribution in [-0.2, 0) is 28.6 Å². The number of hydrogen-bond acceptors (Lipinski definition) is 6. The number of hydrogen-bond donors (Lipinski definition) is 0. The molecule has 0 heterocycles. The maximum atomic E-state index is 11.1. The van der Waals surface area contributed by atoms with Gasteiger partial charge in [0, 0.05) is 18.6 Å². The van der Waals surface area contributed by atoms with E-state index in [-0.39, 0.29) is 26.2 Å². The number of ether oxygens (including phenoxy) is 3. The fourth-order valence-electron chi connectivity index (χ4n) is 0.843. The van der Waals surface area contributed by atoms with E-state index in [1.54, 1.807) is 0 Å². The van der Waals surface area contributed by atoms with Crippen molar-refractivity contribution in [3.63, 3.8) is 0 Å². The van der Waals surface area contributed by atoms with E-state index < -0.39 is 17.9 Å². The van der Waals surface area contributed by atoms with Crippen molar-refractivity contribution in [2.24, 2.45) is 0 Å². The maximum Gasteiger partial charge on any atom is 0.330 e. The molecule has 0 saturated heterocycles. The van der Waals surface area contributed by atoms with E-state index in [1.807, 2.05) is 0 Å². The van der Waals surface area contributed by atoms with Crippen molar-refractivity contribution >= 4 is 17.9 Å². The molecule has 0 aliphatic heterocycles. The summed E-state index contributed by atoms with van der Waals surface area (Å²) in [6, 6.07) is 0. The Labute approximate surface area is 105 Å². The Morgan fingerprint density at radius 1 is 0.833 bits per heavy atom. The summed E-state index contributed by atoms with van der Waals surface area (Å²) in [5.41, 5.74) is 0. The lowest BCUT2D eigenvalue weighted by atomic mass is 10.4. The third kappa shape index (κ3) is 9.14. The van der Waals surface area contributed by atoms with E-state index in [2.05, 4.69) is 22.6 Å². The van der Waals surface area contributed by atoms with Crippen LogP contribution in [0.5, 0.6) is 0 Å². The second kappa shape index (κ2) is 10.1. The molecule has 0 bridgehead atoms. The molecule has 0 spiro atoms.